The average molecular weight is 453 g/mol. The smallest absolute Gasteiger partial charge is 0.187 e. The molecule has 10 nitrogen and oxygen atoms in total. The maximum absolute atomic E-state index is 10.6. The van der Waals surface area contributed by atoms with Crippen LogP contribution >= 0.6 is 0 Å². The zero-order valence-corrected chi connectivity index (χ0v) is 18.5. The molecule has 0 aliphatic carbocycles. The number of hydrogen-bond donors (Lipinski definition) is 6. The summed E-state index contributed by atoms with van der Waals surface area (Å²) < 4.78 is 22.8. The first-order chi connectivity index (χ1) is 14.8. The fourth-order valence-electron chi connectivity index (χ4n) is 3.95. The van der Waals surface area contributed by atoms with Crippen molar-refractivity contribution in [2.24, 2.45) is 5.92 Å². The van der Waals surface area contributed by atoms with E-state index >= 15 is 0 Å². The molecule has 0 bridgehead atoms. The van der Waals surface area contributed by atoms with E-state index in [9.17, 15) is 30.6 Å². The average Bonchev–Trinajstić information content (AvgIpc) is 2.77. The van der Waals surface area contributed by atoms with E-state index in [1.54, 1.807) is 6.92 Å². The van der Waals surface area contributed by atoms with Gasteiger partial charge in [0.15, 0.2) is 12.6 Å². The molecule has 0 saturated carbocycles. The minimum absolute atomic E-state index is 0.347. The van der Waals surface area contributed by atoms with Crippen LogP contribution in [-0.2, 0) is 18.9 Å². The van der Waals surface area contributed by atoms with E-state index in [1.165, 1.54) is 12.8 Å². The highest BCUT2D eigenvalue weighted by Gasteiger charge is 2.50. The Kier molecular flexibility index (Phi) is 11.6. The lowest BCUT2D eigenvalue weighted by Gasteiger charge is -2.46. The molecule has 2 aliphatic heterocycles. The SMILES string of the molecule is CCCCCCCCOC1OC(CO)C(O)C(O)C1OC1OC(CO)C(O)C(O)C1C. The van der Waals surface area contributed by atoms with Crippen molar-refractivity contribution in [3.63, 3.8) is 0 Å². The Hall–Kier alpha value is -0.400. The lowest BCUT2D eigenvalue weighted by atomic mass is 9.92. The molecule has 0 spiro atoms. The summed E-state index contributed by atoms with van der Waals surface area (Å²) in [5.41, 5.74) is 0. The first-order valence-corrected chi connectivity index (χ1v) is 11.4. The Labute approximate surface area is 183 Å². The molecule has 0 aromatic heterocycles. The maximum Gasteiger partial charge on any atom is 0.187 e. The van der Waals surface area contributed by atoms with Crippen LogP contribution in [0.15, 0.2) is 0 Å². The fraction of sp³-hybridized carbons (Fsp3) is 1.00. The van der Waals surface area contributed by atoms with Gasteiger partial charge < -0.3 is 49.6 Å². The second kappa shape index (κ2) is 13.3. The van der Waals surface area contributed by atoms with E-state index in [2.05, 4.69) is 6.92 Å². The minimum Gasteiger partial charge on any atom is -0.394 e. The van der Waals surface area contributed by atoms with Crippen molar-refractivity contribution in [2.45, 2.75) is 108 Å². The largest absolute Gasteiger partial charge is 0.394 e. The summed E-state index contributed by atoms with van der Waals surface area (Å²) in [5, 5.41) is 60.0. The lowest BCUT2D eigenvalue weighted by Crippen LogP contribution is -2.63. The summed E-state index contributed by atoms with van der Waals surface area (Å²) in [6.07, 6.45) is -4.37. The number of aliphatic hydroxyl groups is 6. The van der Waals surface area contributed by atoms with Gasteiger partial charge in [0.25, 0.3) is 0 Å². The van der Waals surface area contributed by atoms with Crippen molar-refractivity contribution in [1.82, 2.24) is 0 Å². The summed E-state index contributed by atoms with van der Waals surface area (Å²) in [4.78, 5) is 0. The third-order valence-electron chi connectivity index (χ3n) is 6.08. The molecule has 184 valence electrons. The van der Waals surface area contributed by atoms with E-state index in [1.807, 2.05) is 0 Å². The van der Waals surface area contributed by atoms with Gasteiger partial charge in [-0.3, -0.25) is 0 Å². The van der Waals surface area contributed by atoms with Gasteiger partial charge in [0, 0.05) is 12.5 Å². The van der Waals surface area contributed by atoms with Crippen molar-refractivity contribution in [1.29, 1.82) is 0 Å². The number of ether oxygens (including phenoxy) is 4. The third kappa shape index (κ3) is 7.04. The first-order valence-electron chi connectivity index (χ1n) is 11.4. The predicted molar refractivity (Wildman–Crippen MR) is 109 cm³/mol. The second-order valence-corrected chi connectivity index (χ2v) is 8.51. The van der Waals surface area contributed by atoms with E-state index in [4.69, 9.17) is 18.9 Å². The van der Waals surface area contributed by atoms with Crippen molar-refractivity contribution >= 4 is 0 Å². The molecule has 2 rings (SSSR count). The molecule has 0 amide bonds. The highest BCUT2D eigenvalue weighted by molar-refractivity contribution is 4.92. The number of rotatable bonds is 12. The molecule has 0 radical (unpaired) electrons. The molecule has 0 aromatic rings. The third-order valence-corrected chi connectivity index (χ3v) is 6.08. The van der Waals surface area contributed by atoms with Gasteiger partial charge in [-0.25, -0.2) is 0 Å². The highest BCUT2D eigenvalue weighted by atomic mass is 16.7. The standard InChI is InChI=1S/C21H40O10/c1-3-4-5-6-7-8-9-28-21-19(18(27)17(26)14(11-23)30-21)31-20-12(2)15(24)16(25)13(10-22)29-20/h12-27H,3-11H2,1-2H3. The Bertz CT molecular complexity index is 493. The monoisotopic (exact) mass is 452 g/mol. The van der Waals surface area contributed by atoms with Gasteiger partial charge in [-0.1, -0.05) is 46.0 Å². The Morgan fingerprint density at radius 1 is 0.710 bits per heavy atom. The Balaban J connectivity index is 2.00. The molecule has 10 unspecified atom stereocenters. The van der Waals surface area contributed by atoms with Crippen LogP contribution in [0.2, 0.25) is 0 Å². The predicted octanol–water partition coefficient (Wildman–Crippen LogP) is -0.737. The number of hydrogen-bond acceptors (Lipinski definition) is 10. The summed E-state index contributed by atoms with van der Waals surface area (Å²) in [6.45, 7) is 3.07. The molecule has 2 saturated heterocycles. The van der Waals surface area contributed by atoms with Crippen molar-refractivity contribution in [2.75, 3.05) is 19.8 Å². The van der Waals surface area contributed by atoms with E-state index in [0.717, 1.165) is 25.7 Å². The first kappa shape index (κ1) is 26.8. The number of aliphatic hydroxyl groups excluding tert-OH is 6. The number of unbranched alkanes of at least 4 members (excludes halogenated alkanes) is 5. The van der Waals surface area contributed by atoms with Crippen LogP contribution < -0.4 is 0 Å². The summed E-state index contributed by atoms with van der Waals surface area (Å²) in [7, 11) is 0. The van der Waals surface area contributed by atoms with E-state index in [-0.39, 0.29) is 0 Å². The molecule has 2 fully saturated rings. The van der Waals surface area contributed by atoms with E-state index in [0.29, 0.717) is 6.61 Å². The van der Waals surface area contributed by atoms with Crippen molar-refractivity contribution in [3.05, 3.63) is 0 Å². The molecular formula is C21H40O10. The van der Waals surface area contributed by atoms with Crippen LogP contribution in [-0.4, -0.2) is 106 Å². The maximum atomic E-state index is 10.6. The summed E-state index contributed by atoms with van der Waals surface area (Å²) in [6, 6.07) is 0. The lowest BCUT2D eigenvalue weighted by molar-refractivity contribution is -0.360. The zero-order chi connectivity index (χ0) is 23.0. The van der Waals surface area contributed by atoms with Gasteiger partial charge in [0.2, 0.25) is 0 Å². The molecule has 31 heavy (non-hydrogen) atoms. The molecule has 10 atom stereocenters. The zero-order valence-electron chi connectivity index (χ0n) is 18.5. The van der Waals surface area contributed by atoms with Gasteiger partial charge in [-0.15, -0.1) is 0 Å². The molecule has 0 aromatic carbocycles. The molecular weight excluding hydrogens is 412 g/mol. The fourth-order valence-corrected chi connectivity index (χ4v) is 3.95. The summed E-state index contributed by atoms with van der Waals surface area (Å²) >= 11 is 0. The van der Waals surface area contributed by atoms with Crippen LogP contribution in [0.5, 0.6) is 0 Å². The minimum atomic E-state index is -1.44. The molecule has 2 heterocycles. The molecule has 2 aliphatic rings. The van der Waals surface area contributed by atoms with Gasteiger partial charge in [-0.2, -0.15) is 0 Å². The van der Waals surface area contributed by atoms with Crippen molar-refractivity contribution < 1.29 is 49.6 Å². The van der Waals surface area contributed by atoms with Gasteiger partial charge in [0.1, 0.15) is 36.6 Å². The van der Waals surface area contributed by atoms with Crippen LogP contribution in [0.1, 0.15) is 52.4 Å². The van der Waals surface area contributed by atoms with Gasteiger partial charge in [-0.05, 0) is 6.42 Å². The van der Waals surface area contributed by atoms with Crippen LogP contribution in [0.25, 0.3) is 0 Å². The van der Waals surface area contributed by atoms with Crippen LogP contribution in [0.4, 0.5) is 0 Å². The van der Waals surface area contributed by atoms with Crippen LogP contribution in [0, 0.1) is 5.92 Å². The second-order valence-electron chi connectivity index (χ2n) is 8.51. The Morgan fingerprint density at radius 3 is 1.87 bits per heavy atom. The molecule has 10 heteroatoms. The topological polar surface area (TPSA) is 158 Å². The highest BCUT2D eigenvalue weighted by Crippen LogP contribution is 2.32. The molecule has 6 N–H and O–H groups in total. The van der Waals surface area contributed by atoms with Crippen molar-refractivity contribution in [3.8, 4) is 0 Å². The quantitative estimate of drug-likeness (QED) is 0.208. The normalized spacial score (nSPS) is 41.4. The van der Waals surface area contributed by atoms with Crippen LogP contribution in [0.3, 0.4) is 0 Å². The van der Waals surface area contributed by atoms with Gasteiger partial charge >= 0.3 is 0 Å². The summed E-state index contributed by atoms with van der Waals surface area (Å²) in [5.74, 6) is -0.683. The van der Waals surface area contributed by atoms with E-state index < -0.39 is 74.4 Å². The Morgan fingerprint density at radius 2 is 1.26 bits per heavy atom. The van der Waals surface area contributed by atoms with Gasteiger partial charge in [0.05, 0.1) is 19.3 Å².